The molecule has 0 unspecified atom stereocenters. The summed E-state index contributed by atoms with van der Waals surface area (Å²) in [5.74, 6) is 0.993. The number of imidazole rings is 1. The van der Waals surface area contributed by atoms with E-state index in [1.807, 2.05) is 37.9 Å². The molecule has 0 atom stereocenters. The maximum Gasteiger partial charge on any atom is 0.237 e. The normalized spacial score (nSPS) is 15.7. The van der Waals surface area contributed by atoms with Crippen LogP contribution in [0.5, 0.6) is 0 Å². The number of aromatic nitrogens is 3. The molecule has 1 aliphatic heterocycles. The predicted octanol–water partition coefficient (Wildman–Crippen LogP) is 2.91. The number of rotatable bonds is 4. The van der Waals surface area contributed by atoms with E-state index in [9.17, 15) is 4.79 Å². The summed E-state index contributed by atoms with van der Waals surface area (Å²) in [5, 5.41) is 0. The zero-order valence-electron chi connectivity index (χ0n) is 15.5. The van der Waals surface area contributed by atoms with Gasteiger partial charge in [0.15, 0.2) is 0 Å². The number of methoxy groups -OCH3 is 1. The van der Waals surface area contributed by atoms with E-state index in [0.29, 0.717) is 13.2 Å². The summed E-state index contributed by atoms with van der Waals surface area (Å²) in [5.41, 5.74) is 4.33. The third-order valence-electron chi connectivity index (χ3n) is 5.20. The fourth-order valence-electron chi connectivity index (χ4n) is 3.68. The van der Waals surface area contributed by atoms with Gasteiger partial charge in [-0.15, -0.1) is 0 Å². The van der Waals surface area contributed by atoms with E-state index in [1.54, 1.807) is 19.5 Å². The van der Waals surface area contributed by atoms with Crippen molar-refractivity contribution in [1.29, 1.82) is 0 Å². The molecule has 0 saturated carbocycles. The van der Waals surface area contributed by atoms with Crippen LogP contribution >= 0.6 is 0 Å². The first-order valence-electron chi connectivity index (χ1n) is 8.67. The molecule has 134 valence electrons. The van der Waals surface area contributed by atoms with Crippen molar-refractivity contribution in [3.05, 3.63) is 42.2 Å². The first-order chi connectivity index (χ1) is 12.4. The molecule has 0 fully saturated rings. The van der Waals surface area contributed by atoms with Crippen LogP contribution in [-0.4, -0.2) is 40.7 Å². The van der Waals surface area contributed by atoms with E-state index in [2.05, 4.69) is 21.7 Å². The van der Waals surface area contributed by atoms with E-state index < -0.39 is 5.41 Å². The second-order valence-corrected chi connectivity index (χ2v) is 7.16. The average molecular weight is 350 g/mol. The minimum Gasteiger partial charge on any atom is -0.383 e. The summed E-state index contributed by atoms with van der Waals surface area (Å²) in [6, 6.07) is 8.03. The Balaban J connectivity index is 1.90. The monoisotopic (exact) mass is 350 g/mol. The minimum absolute atomic E-state index is 0.106. The van der Waals surface area contributed by atoms with Crippen molar-refractivity contribution < 1.29 is 9.53 Å². The van der Waals surface area contributed by atoms with Crippen LogP contribution in [0.4, 0.5) is 5.69 Å². The van der Waals surface area contributed by atoms with Gasteiger partial charge in [-0.1, -0.05) is 0 Å². The van der Waals surface area contributed by atoms with Crippen molar-refractivity contribution in [3.63, 3.8) is 0 Å². The molecule has 1 amide bonds. The van der Waals surface area contributed by atoms with E-state index in [4.69, 9.17) is 9.72 Å². The van der Waals surface area contributed by atoms with Crippen molar-refractivity contribution in [3.8, 4) is 11.4 Å². The first-order valence-corrected chi connectivity index (χ1v) is 8.67. The Morgan fingerprint density at radius 1 is 1.19 bits per heavy atom. The first kappa shape index (κ1) is 16.7. The summed E-state index contributed by atoms with van der Waals surface area (Å²) in [6.07, 6.45) is 3.53. The van der Waals surface area contributed by atoms with Gasteiger partial charge in [-0.2, -0.15) is 0 Å². The highest BCUT2D eigenvalue weighted by atomic mass is 16.5. The number of aryl methyl sites for hydroxylation is 1. The number of carbonyl (C=O) groups excluding carboxylic acids is 1. The van der Waals surface area contributed by atoms with Gasteiger partial charge in [-0.25, -0.2) is 4.98 Å². The summed E-state index contributed by atoms with van der Waals surface area (Å²) in [6.45, 7) is 5.00. The Labute approximate surface area is 152 Å². The van der Waals surface area contributed by atoms with Gasteiger partial charge in [0, 0.05) is 38.7 Å². The Morgan fingerprint density at radius 2 is 1.92 bits per heavy atom. The topological polar surface area (TPSA) is 60.2 Å². The van der Waals surface area contributed by atoms with Crippen LogP contribution in [-0.2, 0) is 22.0 Å². The molecule has 6 nitrogen and oxygen atoms in total. The molecule has 2 aromatic heterocycles. The fourth-order valence-corrected chi connectivity index (χ4v) is 3.68. The maximum atomic E-state index is 12.9. The SMILES string of the molecule is COCCN1C(=O)C(C)(C)c2cc3nc(-c4ccncc4)n(C)c3cc21. The highest BCUT2D eigenvalue weighted by Gasteiger charge is 2.44. The van der Waals surface area contributed by atoms with E-state index in [-0.39, 0.29) is 5.91 Å². The van der Waals surface area contributed by atoms with Gasteiger partial charge in [-0.05, 0) is 43.7 Å². The lowest BCUT2D eigenvalue weighted by Crippen LogP contribution is -2.37. The average Bonchev–Trinajstić information content (AvgIpc) is 3.06. The molecule has 3 aromatic rings. The number of amides is 1. The highest BCUT2D eigenvalue weighted by molar-refractivity contribution is 6.09. The van der Waals surface area contributed by atoms with Gasteiger partial charge in [0.2, 0.25) is 5.91 Å². The lowest BCUT2D eigenvalue weighted by Gasteiger charge is -2.19. The second-order valence-electron chi connectivity index (χ2n) is 7.16. The molecule has 0 saturated heterocycles. The number of ether oxygens (including phenoxy) is 1. The van der Waals surface area contributed by atoms with Crippen LogP contribution in [0.25, 0.3) is 22.4 Å². The van der Waals surface area contributed by atoms with Crippen molar-refractivity contribution in [2.45, 2.75) is 19.3 Å². The second kappa shape index (κ2) is 5.92. The van der Waals surface area contributed by atoms with Crippen LogP contribution in [0.1, 0.15) is 19.4 Å². The maximum absolute atomic E-state index is 12.9. The Bertz CT molecular complexity index is 992. The number of hydrogen-bond donors (Lipinski definition) is 0. The Morgan fingerprint density at radius 3 is 2.62 bits per heavy atom. The molecule has 4 rings (SSSR count). The molecule has 0 spiro atoms. The molecule has 3 heterocycles. The third kappa shape index (κ3) is 2.33. The van der Waals surface area contributed by atoms with Crippen LogP contribution in [0.2, 0.25) is 0 Å². The number of nitrogens with zero attached hydrogens (tertiary/aromatic N) is 4. The molecule has 6 heteroatoms. The van der Waals surface area contributed by atoms with Crippen molar-refractivity contribution in [2.75, 3.05) is 25.2 Å². The summed E-state index contributed by atoms with van der Waals surface area (Å²) < 4.78 is 7.26. The zero-order valence-corrected chi connectivity index (χ0v) is 15.5. The summed E-state index contributed by atoms with van der Waals surface area (Å²) in [4.78, 5) is 23.6. The number of anilines is 1. The number of pyridine rings is 1. The van der Waals surface area contributed by atoms with Gasteiger partial charge in [0.25, 0.3) is 0 Å². The fraction of sp³-hybridized carbons (Fsp3) is 0.350. The summed E-state index contributed by atoms with van der Waals surface area (Å²) in [7, 11) is 3.65. The van der Waals surface area contributed by atoms with Crippen LogP contribution < -0.4 is 4.90 Å². The molecule has 26 heavy (non-hydrogen) atoms. The highest BCUT2D eigenvalue weighted by Crippen LogP contribution is 2.43. The number of hydrogen-bond acceptors (Lipinski definition) is 4. The molecule has 1 aliphatic rings. The molecule has 0 N–H and O–H groups in total. The largest absolute Gasteiger partial charge is 0.383 e. The molecular formula is C20H22N4O2. The van der Waals surface area contributed by atoms with Crippen LogP contribution in [0.15, 0.2) is 36.7 Å². The van der Waals surface area contributed by atoms with E-state index >= 15 is 0 Å². The molecule has 0 aliphatic carbocycles. The smallest absolute Gasteiger partial charge is 0.237 e. The van der Waals surface area contributed by atoms with Crippen molar-refractivity contribution in [1.82, 2.24) is 14.5 Å². The molecule has 0 bridgehead atoms. The van der Waals surface area contributed by atoms with Crippen LogP contribution in [0, 0.1) is 0 Å². The zero-order chi connectivity index (χ0) is 18.5. The minimum atomic E-state index is -0.564. The number of fused-ring (bicyclic) bond motifs is 2. The van der Waals surface area contributed by atoms with Gasteiger partial charge in [0.05, 0.1) is 28.7 Å². The third-order valence-corrected chi connectivity index (χ3v) is 5.20. The van der Waals surface area contributed by atoms with Gasteiger partial charge < -0.3 is 14.2 Å². The molecule has 1 aromatic carbocycles. The lowest BCUT2D eigenvalue weighted by molar-refractivity contribution is -0.122. The van der Waals surface area contributed by atoms with Gasteiger partial charge in [-0.3, -0.25) is 9.78 Å². The quantitative estimate of drug-likeness (QED) is 0.726. The van der Waals surface area contributed by atoms with E-state index in [1.165, 1.54) is 0 Å². The number of carbonyl (C=O) groups is 1. The lowest BCUT2D eigenvalue weighted by atomic mass is 9.86. The van der Waals surface area contributed by atoms with Crippen molar-refractivity contribution in [2.24, 2.45) is 7.05 Å². The predicted molar refractivity (Wildman–Crippen MR) is 101 cm³/mol. The Hall–Kier alpha value is -2.73. The van der Waals surface area contributed by atoms with Crippen molar-refractivity contribution >= 4 is 22.6 Å². The van der Waals surface area contributed by atoms with Gasteiger partial charge >= 0.3 is 0 Å². The molecule has 0 radical (unpaired) electrons. The molecular weight excluding hydrogens is 328 g/mol. The standard InChI is InChI=1S/C20H22N4O2/c1-20(2)14-11-15-17(12-16(14)24(19(20)25)9-10-26-4)23(3)18(22-15)13-5-7-21-8-6-13/h5-8,11-12H,9-10H2,1-4H3. The number of benzene rings is 1. The van der Waals surface area contributed by atoms with Gasteiger partial charge in [0.1, 0.15) is 5.82 Å². The summed E-state index contributed by atoms with van der Waals surface area (Å²) >= 11 is 0. The van der Waals surface area contributed by atoms with Crippen LogP contribution in [0.3, 0.4) is 0 Å². The Kier molecular flexibility index (Phi) is 3.80. The van der Waals surface area contributed by atoms with E-state index in [0.717, 1.165) is 33.7 Å².